The molecule has 27 nitrogen and oxygen atoms in total. The van der Waals surface area contributed by atoms with E-state index in [1.54, 1.807) is 113 Å². The van der Waals surface area contributed by atoms with Gasteiger partial charge in [-0.3, -0.25) is 47.3 Å². The third-order valence-electron chi connectivity index (χ3n) is 18.8. The van der Waals surface area contributed by atoms with Gasteiger partial charge in [-0.05, 0) is 154 Å². The van der Waals surface area contributed by atoms with Crippen LogP contribution in [0, 0.1) is 0 Å². The normalized spacial score (nSPS) is 11.4. The van der Waals surface area contributed by atoms with Crippen molar-refractivity contribution in [2.75, 3.05) is 32.3 Å². The topological polar surface area (TPSA) is 367 Å². The minimum absolute atomic E-state index is 0.0636. The van der Waals surface area contributed by atoms with Gasteiger partial charge in [0.05, 0.1) is 33.6 Å². The lowest BCUT2D eigenvalue weighted by Gasteiger charge is -2.16. The van der Waals surface area contributed by atoms with Gasteiger partial charge in [0, 0.05) is 119 Å². The number of amides is 5. The van der Waals surface area contributed by atoms with Crippen molar-refractivity contribution < 1.29 is 28.8 Å². The molecule has 6 aromatic carbocycles. The molecule has 0 atom stereocenters. The van der Waals surface area contributed by atoms with E-state index in [0.29, 0.717) is 45.1 Å². The van der Waals surface area contributed by atoms with Crippen LogP contribution in [-0.2, 0) is 28.8 Å². The van der Waals surface area contributed by atoms with Crippen LogP contribution in [0.1, 0.15) is 33.4 Å². The van der Waals surface area contributed by atoms with Crippen molar-refractivity contribution in [1.29, 1.82) is 0 Å². The molecule has 0 aliphatic carbocycles. The number of hydrogen-bond acceptors (Lipinski definition) is 21. The highest BCUT2D eigenvalue weighted by Crippen LogP contribution is 2.39. The van der Waals surface area contributed by atoms with E-state index in [-0.39, 0.29) is 35.6 Å². The number of fused-ring (bicyclic) bond motifs is 9. The number of nitrogens with zero attached hydrogens (tertiary/aromatic N) is 17. The minimum atomic E-state index is -0.621. The number of rotatable bonds is 18. The molecular weight excluding hydrogens is 1580 g/mol. The predicted octanol–water partition coefficient (Wildman–Crippen LogP) is 16.5. The van der Waals surface area contributed by atoms with Gasteiger partial charge in [0.25, 0.3) is 29.5 Å². The van der Waals surface area contributed by atoms with E-state index in [4.69, 9.17) is 38.8 Å². The first-order valence-corrected chi connectivity index (χ1v) is 38.7. The third kappa shape index (κ3) is 19.2. The summed E-state index contributed by atoms with van der Waals surface area (Å²) in [6.45, 7) is 0. The molecule has 0 bridgehead atoms. The summed E-state index contributed by atoms with van der Waals surface area (Å²) in [7, 11) is 0. The lowest BCUT2D eigenvalue weighted by molar-refractivity contribution is -0.123. The molecule has 0 saturated carbocycles. The monoisotopic (exact) mass is 1650 g/mol. The Bertz CT molecular complexity index is 7050. The fourth-order valence-corrected chi connectivity index (χ4v) is 13.4. The highest BCUT2D eigenvalue weighted by atomic mass is 35.5. The zero-order valence-corrected chi connectivity index (χ0v) is 66.3. The number of aromatic nitrogens is 15. The van der Waals surface area contributed by atoms with E-state index >= 15 is 0 Å². The molecule has 12 heterocycles. The fraction of sp³-hybridized carbons (Fsp3) is 0. The maximum Gasteiger partial charge on any atom is 0.260 e. The van der Waals surface area contributed by atoms with E-state index in [9.17, 15) is 28.8 Å². The Hall–Kier alpha value is -17.6. The zero-order chi connectivity index (χ0) is 85.7. The first-order valence-electron chi connectivity index (χ1n) is 38.3. The van der Waals surface area contributed by atoms with Crippen molar-refractivity contribution in [3.63, 3.8) is 0 Å². The van der Waals surface area contributed by atoms with Crippen LogP contribution in [0.3, 0.4) is 0 Å². The van der Waals surface area contributed by atoms with Crippen molar-refractivity contribution in [3.05, 3.63) is 380 Å². The van der Waals surface area contributed by atoms with E-state index in [2.05, 4.69) is 55.2 Å². The number of pyridine rings is 3. The molecule has 0 fully saturated rings. The van der Waals surface area contributed by atoms with Crippen molar-refractivity contribution in [2.45, 2.75) is 0 Å². The molecule has 0 aliphatic rings. The van der Waals surface area contributed by atoms with Gasteiger partial charge in [-0.2, -0.15) is 0 Å². The maximum atomic E-state index is 13.7. The third-order valence-corrected chi connectivity index (χ3v) is 18.9. The Labute approximate surface area is 712 Å². The van der Waals surface area contributed by atoms with Crippen molar-refractivity contribution in [3.8, 4) is 33.8 Å². The van der Waals surface area contributed by atoms with E-state index in [1.165, 1.54) is 48.8 Å². The summed E-state index contributed by atoms with van der Waals surface area (Å²) < 4.78 is 5.29. The Kier molecular flexibility index (Phi) is 25.4. The molecule has 28 heteroatoms. The number of carbonyl (C=O) groups is 6. The molecule has 602 valence electrons. The van der Waals surface area contributed by atoms with E-state index in [0.717, 1.165) is 87.5 Å². The Morgan fingerprint density at radius 2 is 0.597 bits per heavy atom. The second-order valence-corrected chi connectivity index (χ2v) is 27.2. The van der Waals surface area contributed by atoms with Gasteiger partial charge in [-0.1, -0.05) is 188 Å². The number of hydrogen-bond donors (Lipinski definition) is 4. The van der Waals surface area contributed by atoms with Crippen LogP contribution in [0.15, 0.2) is 347 Å². The Balaban J connectivity index is 0.000000144. The lowest BCUT2D eigenvalue weighted by Crippen LogP contribution is -2.36. The first kappa shape index (κ1) is 81.5. The minimum Gasteiger partial charge on any atom is -0.369 e. The molecule has 18 rings (SSSR count). The Morgan fingerprint density at radius 1 is 0.298 bits per heavy atom. The molecule has 124 heavy (non-hydrogen) atoms. The van der Waals surface area contributed by atoms with Crippen LogP contribution < -0.4 is 32.3 Å². The predicted molar refractivity (Wildman–Crippen MR) is 485 cm³/mol. The Morgan fingerprint density at radius 3 is 0.944 bits per heavy atom. The van der Waals surface area contributed by atoms with Gasteiger partial charge >= 0.3 is 0 Å². The van der Waals surface area contributed by atoms with Crippen LogP contribution in [-0.4, -0.2) is 108 Å². The highest BCUT2D eigenvalue weighted by Gasteiger charge is 2.28. The number of allylic oxidation sites excluding steroid dienone is 1. The van der Waals surface area contributed by atoms with Crippen LogP contribution in [0.2, 0.25) is 0 Å². The molecule has 5 amide bonds. The summed E-state index contributed by atoms with van der Waals surface area (Å²) >= 11 is 5.10. The van der Waals surface area contributed by atoms with Gasteiger partial charge in [0.2, 0.25) is 40.9 Å². The molecule has 0 spiro atoms. The van der Waals surface area contributed by atoms with Gasteiger partial charge in [-0.15, -0.1) is 0 Å². The number of nitrogens with two attached hydrogens (primary N) is 3. The summed E-state index contributed by atoms with van der Waals surface area (Å²) in [6.07, 6.45) is 32.6. The smallest absolute Gasteiger partial charge is 0.260 e. The van der Waals surface area contributed by atoms with Crippen LogP contribution >= 0.6 is 11.6 Å². The summed E-state index contributed by atoms with van der Waals surface area (Å²) in [5, 5.41) is 4.85. The largest absolute Gasteiger partial charge is 0.369 e. The number of nitrogens with one attached hydrogen (secondary N) is 1. The molecule has 12 aromatic heterocycles. The van der Waals surface area contributed by atoms with Crippen LogP contribution in [0.25, 0.3) is 120 Å². The number of nitrogen functional groups attached to an aromatic ring is 3. The summed E-state index contributed by atoms with van der Waals surface area (Å²) in [6, 6.07) is 78.3. The summed E-state index contributed by atoms with van der Waals surface area (Å²) in [5.74, 6) is -1.83. The highest BCUT2D eigenvalue weighted by molar-refractivity contribution is 6.66. The molecular formula is C96H70ClN21O6. The average molecular weight is 1650 g/mol. The molecule has 0 radical (unpaired) electrons. The van der Waals surface area contributed by atoms with Crippen molar-refractivity contribution in [1.82, 2.24) is 73.0 Å². The van der Waals surface area contributed by atoms with Gasteiger partial charge in [-0.25, -0.2) is 69.6 Å². The lowest BCUT2D eigenvalue weighted by atomic mass is 10.1. The maximum absolute atomic E-state index is 13.7. The summed E-state index contributed by atoms with van der Waals surface area (Å²) in [5.41, 5.74) is 31.0. The quantitative estimate of drug-likeness (QED) is 0.0458. The SMILES string of the molecule is Nc1nccc(-c2c3cccnc3n3c(N)nccc23)n1.Nc1nccc2c(-c3ccnc(N(C(=O)/C=C/c4ccccc4)C(=O)/C=C/c4ccccc4)n3)c3cccnc3n12.O=C(C=Cc1ccccc1)Nc1nccc2c(-c3ccnc(N(C(=O)/C=C/c4ccccc4)C(=O)/C=C/c4ccccc4)n3)c3cccnc3n12.O=C(Cl)/C=C\c1ccccc1. The molecule has 7 N–H and O–H groups in total. The molecule has 18 aromatic rings. The first-order chi connectivity index (χ1) is 60.7. The summed E-state index contributed by atoms with van der Waals surface area (Å²) in [4.78, 5) is 132. The van der Waals surface area contributed by atoms with E-state index in [1.807, 2.05) is 235 Å². The zero-order valence-electron chi connectivity index (χ0n) is 65.5. The van der Waals surface area contributed by atoms with Crippen molar-refractivity contribution in [2.24, 2.45) is 0 Å². The van der Waals surface area contributed by atoms with Crippen molar-refractivity contribution >= 4 is 168 Å². The number of carbonyl (C=O) groups excluding carboxylic acids is 6. The molecule has 0 saturated heterocycles. The molecule has 0 unspecified atom stereocenters. The number of halogens is 1. The van der Waals surface area contributed by atoms with Gasteiger partial charge in [0.15, 0.2) is 0 Å². The average Bonchev–Trinajstić information content (AvgIpc) is 1.60. The second-order valence-electron chi connectivity index (χ2n) is 26.9. The second kappa shape index (κ2) is 38.7. The fourth-order valence-electron chi connectivity index (χ4n) is 13.3. The number of imide groups is 2. The van der Waals surface area contributed by atoms with Crippen LogP contribution in [0.4, 0.5) is 35.7 Å². The van der Waals surface area contributed by atoms with E-state index < -0.39 is 28.9 Å². The number of anilines is 6. The van der Waals surface area contributed by atoms with Crippen LogP contribution in [0.5, 0.6) is 0 Å². The van der Waals surface area contributed by atoms with Gasteiger partial charge < -0.3 is 17.2 Å². The number of benzene rings is 6. The van der Waals surface area contributed by atoms with Gasteiger partial charge in [0.1, 0.15) is 16.9 Å². The standard InChI is InChI=1S/C41H29N7O3.C32H23N7O2.C14H11N7.C9H7ClO/c49-35(21-18-29-11-4-1-5-12-29)46-41-44-28-25-34-38(32-17-10-26-42-39(32)47(34)41)33-24-27-43-40(45-33)48(36(50)22-19-30-13-6-2-7-14-30)37(51)23-20-31-15-8-3-9-16-31;33-31-35-21-18-26-29(24-12-7-19-34-30(24)38(26)31)25-17-20-36-32(37-25)39(27(40)15-13-22-8-3-1-4-9-22)28(41)16-14-23-10-5-2-6-11-23;15-13-18-6-3-9(20-13)11-8-2-1-5-17-12(8)21-10(11)4-7-19-14(21)16;10-9(11)7-6-8-4-2-1-3-5-8/h1-28H,(H,44,46,49);1-21H,(H2,33,35);1-7H,(H2,16,19)(H2,15,18,20);1-7H/b21-18?,22-19+,23-20+;15-13+,16-14+;;7-6-. The molecule has 0 aliphatic heterocycles.